The van der Waals surface area contributed by atoms with Gasteiger partial charge in [-0.1, -0.05) is 18.2 Å². The predicted molar refractivity (Wildman–Crippen MR) is 119 cm³/mol. The monoisotopic (exact) mass is 468 g/mol. The first kappa shape index (κ1) is 22.8. The van der Waals surface area contributed by atoms with Gasteiger partial charge in [-0.2, -0.15) is 18.2 Å². The van der Waals surface area contributed by atoms with Gasteiger partial charge in [0.15, 0.2) is 5.82 Å². The van der Waals surface area contributed by atoms with Crippen LogP contribution >= 0.6 is 0 Å². The maximum atomic E-state index is 13.2. The third-order valence-electron chi connectivity index (χ3n) is 4.92. The lowest BCUT2D eigenvalue weighted by molar-refractivity contribution is -0.137. The van der Waals surface area contributed by atoms with Crippen LogP contribution in [0, 0.1) is 0 Å². The van der Waals surface area contributed by atoms with E-state index < -0.39 is 11.7 Å². The van der Waals surface area contributed by atoms with Gasteiger partial charge in [0.2, 0.25) is 0 Å². The number of benzene rings is 3. The van der Waals surface area contributed by atoms with E-state index in [9.17, 15) is 18.0 Å². The van der Waals surface area contributed by atoms with Crippen molar-refractivity contribution in [3.05, 3.63) is 83.9 Å². The molecule has 0 atom stereocenters. The molecule has 174 valence electrons. The maximum absolute atomic E-state index is 13.2. The van der Waals surface area contributed by atoms with Crippen molar-refractivity contribution in [2.24, 2.45) is 0 Å². The highest BCUT2D eigenvalue weighted by molar-refractivity contribution is 6.04. The summed E-state index contributed by atoms with van der Waals surface area (Å²) in [5.74, 6) is 0.441. The number of anilines is 1. The molecule has 1 heterocycles. The van der Waals surface area contributed by atoms with Crippen LogP contribution < -0.4 is 14.8 Å². The molecule has 1 aromatic heterocycles. The van der Waals surface area contributed by atoms with E-state index in [1.54, 1.807) is 48.5 Å². The van der Waals surface area contributed by atoms with Crippen LogP contribution in [0.15, 0.2) is 72.8 Å². The van der Waals surface area contributed by atoms with E-state index in [-0.39, 0.29) is 23.3 Å². The standard InChI is InChI=1S/C24H19F3N4O3/c1-33-20-11-9-15(10-12-20)22(32)28-18-7-4-8-19(14-18)31-21(29-23(30-31)34-2)16-5-3-6-17(13-16)24(25,26)27/h3-14H,1-2H3,(H,28,32). The Balaban J connectivity index is 1.67. The first-order valence-electron chi connectivity index (χ1n) is 10.0. The van der Waals surface area contributed by atoms with Crippen LogP contribution in [-0.2, 0) is 6.18 Å². The lowest BCUT2D eigenvalue weighted by Gasteiger charge is -2.11. The van der Waals surface area contributed by atoms with Crippen LogP contribution in [0.3, 0.4) is 0 Å². The van der Waals surface area contributed by atoms with Crippen molar-refractivity contribution < 1.29 is 27.4 Å². The fourth-order valence-electron chi connectivity index (χ4n) is 3.24. The molecule has 0 unspecified atom stereocenters. The van der Waals surface area contributed by atoms with Gasteiger partial charge in [-0.15, -0.1) is 5.10 Å². The number of aromatic nitrogens is 3. The Labute approximate surface area is 192 Å². The largest absolute Gasteiger partial charge is 0.497 e. The molecule has 3 aromatic carbocycles. The highest BCUT2D eigenvalue weighted by atomic mass is 19.4. The number of methoxy groups -OCH3 is 2. The van der Waals surface area contributed by atoms with E-state index in [0.717, 1.165) is 12.1 Å². The minimum Gasteiger partial charge on any atom is -0.497 e. The van der Waals surface area contributed by atoms with Gasteiger partial charge in [-0.05, 0) is 54.6 Å². The van der Waals surface area contributed by atoms with E-state index in [0.29, 0.717) is 22.7 Å². The predicted octanol–water partition coefficient (Wildman–Crippen LogP) is 5.22. The molecule has 0 saturated heterocycles. The second-order valence-electron chi connectivity index (χ2n) is 7.15. The number of hydrogen-bond donors (Lipinski definition) is 1. The van der Waals surface area contributed by atoms with E-state index in [2.05, 4.69) is 15.4 Å². The van der Waals surface area contributed by atoms with Gasteiger partial charge in [0.05, 0.1) is 25.5 Å². The summed E-state index contributed by atoms with van der Waals surface area (Å²) in [7, 11) is 2.90. The van der Waals surface area contributed by atoms with Crippen LogP contribution in [0.1, 0.15) is 15.9 Å². The summed E-state index contributed by atoms with van der Waals surface area (Å²) < 4.78 is 51.2. The van der Waals surface area contributed by atoms with Crippen molar-refractivity contribution >= 4 is 11.6 Å². The Bertz CT molecular complexity index is 1320. The summed E-state index contributed by atoms with van der Waals surface area (Å²) in [4.78, 5) is 16.8. The zero-order valence-electron chi connectivity index (χ0n) is 18.1. The molecule has 34 heavy (non-hydrogen) atoms. The Morgan fingerprint density at radius 3 is 2.35 bits per heavy atom. The van der Waals surface area contributed by atoms with E-state index in [1.807, 2.05) is 0 Å². The topological polar surface area (TPSA) is 78.3 Å². The zero-order valence-corrected chi connectivity index (χ0v) is 18.1. The lowest BCUT2D eigenvalue weighted by atomic mass is 10.1. The number of nitrogens with zero attached hydrogens (tertiary/aromatic N) is 3. The number of halogens is 3. The normalized spacial score (nSPS) is 11.2. The van der Waals surface area contributed by atoms with Gasteiger partial charge in [-0.3, -0.25) is 4.79 Å². The lowest BCUT2D eigenvalue weighted by Crippen LogP contribution is -2.12. The first-order chi connectivity index (χ1) is 16.3. The van der Waals surface area contributed by atoms with Crippen LogP contribution in [0.4, 0.5) is 18.9 Å². The molecule has 0 saturated carbocycles. The molecule has 0 aliphatic carbocycles. The Kier molecular flexibility index (Phi) is 6.22. The minimum absolute atomic E-state index is 0.0138. The smallest absolute Gasteiger partial charge is 0.416 e. The summed E-state index contributed by atoms with van der Waals surface area (Å²) in [6, 6.07) is 18.1. The van der Waals surface area contributed by atoms with Crippen molar-refractivity contribution in [2.45, 2.75) is 6.18 Å². The molecular formula is C24H19F3N4O3. The number of ether oxygens (including phenoxy) is 2. The molecule has 0 bridgehead atoms. The number of carbonyl (C=O) groups is 1. The number of carbonyl (C=O) groups excluding carboxylic acids is 1. The highest BCUT2D eigenvalue weighted by Gasteiger charge is 2.31. The van der Waals surface area contributed by atoms with Crippen molar-refractivity contribution in [3.8, 4) is 28.8 Å². The molecule has 4 aromatic rings. The number of hydrogen-bond acceptors (Lipinski definition) is 5. The van der Waals surface area contributed by atoms with Gasteiger partial charge in [0.1, 0.15) is 5.75 Å². The average Bonchev–Trinajstić information content (AvgIpc) is 3.28. The summed E-state index contributed by atoms with van der Waals surface area (Å²) in [6.07, 6.45) is -4.50. The molecule has 0 aliphatic rings. The second-order valence-corrected chi connectivity index (χ2v) is 7.15. The summed E-state index contributed by atoms with van der Waals surface area (Å²) in [5.41, 5.74) is 0.758. The first-order valence-corrected chi connectivity index (χ1v) is 10.0. The summed E-state index contributed by atoms with van der Waals surface area (Å²) in [6.45, 7) is 0. The number of amides is 1. The van der Waals surface area contributed by atoms with Crippen molar-refractivity contribution in [3.63, 3.8) is 0 Å². The molecular weight excluding hydrogens is 449 g/mol. The Morgan fingerprint density at radius 2 is 1.68 bits per heavy atom. The van der Waals surface area contributed by atoms with Crippen LogP contribution in [-0.4, -0.2) is 34.9 Å². The fourth-order valence-corrected chi connectivity index (χ4v) is 3.24. The van der Waals surface area contributed by atoms with Gasteiger partial charge in [0.25, 0.3) is 5.91 Å². The molecule has 4 rings (SSSR count). The molecule has 10 heteroatoms. The SMILES string of the molecule is COc1ccc(C(=O)Nc2cccc(-n3nc(OC)nc3-c3cccc(C(F)(F)F)c3)c2)cc1. The Hall–Kier alpha value is -4.34. The van der Waals surface area contributed by atoms with E-state index in [1.165, 1.54) is 31.0 Å². The molecule has 0 spiro atoms. The molecule has 7 nitrogen and oxygen atoms in total. The molecule has 1 N–H and O–H groups in total. The number of alkyl halides is 3. The van der Waals surface area contributed by atoms with Crippen LogP contribution in [0.5, 0.6) is 11.8 Å². The summed E-state index contributed by atoms with van der Waals surface area (Å²) in [5, 5.41) is 7.03. The van der Waals surface area contributed by atoms with Crippen LogP contribution in [0.25, 0.3) is 17.1 Å². The average molecular weight is 468 g/mol. The third kappa shape index (κ3) is 4.85. The molecule has 1 amide bonds. The second kappa shape index (κ2) is 9.26. The zero-order chi connectivity index (χ0) is 24.3. The van der Waals surface area contributed by atoms with Crippen molar-refractivity contribution in [2.75, 3.05) is 19.5 Å². The van der Waals surface area contributed by atoms with Gasteiger partial charge in [0, 0.05) is 16.8 Å². The highest BCUT2D eigenvalue weighted by Crippen LogP contribution is 2.33. The molecule has 0 radical (unpaired) electrons. The number of rotatable bonds is 6. The van der Waals surface area contributed by atoms with Gasteiger partial charge in [-0.25, -0.2) is 4.68 Å². The maximum Gasteiger partial charge on any atom is 0.416 e. The quantitative estimate of drug-likeness (QED) is 0.420. The van der Waals surface area contributed by atoms with Crippen molar-refractivity contribution in [1.82, 2.24) is 14.8 Å². The fraction of sp³-hybridized carbons (Fsp3) is 0.125. The summed E-state index contributed by atoms with van der Waals surface area (Å²) >= 11 is 0. The van der Waals surface area contributed by atoms with Gasteiger partial charge < -0.3 is 14.8 Å². The van der Waals surface area contributed by atoms with Crippen molar-refractivity contribution in [1.29, 1.82) is 0 Å². The Morgan fingerprint density at radius 1 is 0.941 bits per heavy atom. The molecule has 0 fully saturated rings. The minimum atomic E-state index is -4.50. The van der Waals surface area contributed by atoms with E-state index in [4.69, 9.17) is 9.47 Å². The third-order valence-corrected chi connectivity index (χ3v) is 4.92. The molecule has 0 aliphatic heterocycles. The number of nitrogens with one attached hydrogen (secondary N) is 1. The van der Waals surface area contributed by atoms with Gasteiger partial charge >= 0.3 is 12.2 Å². The van der Waals surface area contributed by atoms with Crippen LogP contribution in [0.2, 0.25) is 0 Å². The van der Waals surface area contributed by atoms with E-state index >= 15 is 0 Å².